The van der Waals surface area contributed by atoms with Crippen molar-refractivity contribution in [2.45, 2.75) is 52.2 Å². The van der Waals surface area contributed by atoms with Crippen molar-refractivity contribution in [3.05, 3.63) is 65.6 Å². The van der Waals surface area contributed by atoms with Crippen LogP contribution in [0.2, 0.25) is 0 Å². The molecule has 0 unspecified atom stereocenters. The molecule has 0 atom stereocenters. The molecule has 29 heavy (non-hydrogen) atoms. The Morgan fingerprint density at radius 2 is 1.97 bits per heavy atom. The first kappa shape index (κ1) is 19.5. The van der Waals surface area contributed by atoms with Crippen molar-refractivity contribution in [2.24, 2.45) is 5.92 Å². The van der Waals surface area contributed by atoms with E-state index in [9.17, 15) is 4.79 Å². The van der Waals surface area contributed by atoms with Crippen molar-refractivity contribution >= 4 is 11.6 Å². The molecule has 1 aliphatic carbocycles. The number of amides is 1. The molecule has 0 saturated heterocycles. The maximum Gasteiger partial charge on any atom is 0.253 e. The smallest absolute Gasteiger partial charge is 0.253 e. The summed E-state index contributed by atoms with van der Waals surface area (Å²) < 4.78 is 7.94. The van der Waals surface area contributed by atoms with Crippen molar-refractivity contribution in [3.63, 3.8) is 0 Å². The Bertz CT molecular complexity index is 1000. The molecule has 1 aromatic carbocycles. The van der Waals surface area contributed by atoms with E-state index in [1.54, 1.807) is 0 Å². The van der Waals surface area contributed by atoms with Crippen molar-refractivity contribution in [1.29, 1.82) is 0 Å². The molecule has 152 valence electrons. The Morgan fingerprint density at radius 3 is 2.76 bits per heavy atom. The Hall–Kier alpha value is -2.82. The van der Waals surface area contributed by atoms with Crippen LogP contribution in [0.4, 0.5) is 0 Å². The summed E-state index contributed by atoms with van der Waals surface area (Å²) in [6, 6.07) is 11.9. The number of aryl methyl sites for hydroxylation is 1. The topological polar surface area (TPSA) is 46.8 Å². The Kier molecular flexibility index (Phi) is 5.56. The second kappa shape index (κ2) is 8.27. The molecule has 2 heterocycles. The van der Waals surface area contributed by atoms with E-state index < -0.39 is 0 Å². The molecule has 4 rings (SSSR count). The summed E-state index contributed by atoms with van der Waals surface area (Å²) in [5.41, 5.74) is 3.63. The molecule has 2 aromatic heterocycles. The number of carbonyl (C=O) groups is 1. The fourth-order valence-electron chi connectivity index (χ4n) is 4.10. The van der Waals surface area contributed by atoms with Crippen LogP contribution in [0, 0.1) is 12.8 Å². The third-order valence-corrected chi connectivity index (χ3v) is 5.97. The molecule has 1 saturated carbocycles. The second-order valence-electron chi connectivity index (χ2n) is 8.35. The highest BCUT2D eigenvalue weighted by Gasteiger charge is 2.25. The summed E-state index contributed by atoms with van der Waals surface area (Å²) in [6.45, 7) is 4.72. The Labute approximate surface area is 172 Å². The van der Waals surface area contributed by atoms with Crippen molar-refractivity contribution in [2.75, 3.05) is 7.05 Å². The van der Waals surface area contributed by atoms with Crippen LogP contribution in [0.25, 0.3) is 5.65 Å². The average Bonchev–Trinajstić information content (AvgIpc) is 3.14. The molecule has 3 aromatic rings. The number of benzene rings is 1. The number of pyridine rings is 1. The van der Waals surface area contributed by atoms with Gasteiger partial charge in [0.05, 0.1) is 5.69 Å². The highest BCUT2D eigenvalue weighted by Crippen LogP contribution is 2.27. The summed E-state index contributed by atoms with van der Waals surface area (Å²) in [7, 11) is 1.93. The number of carbonyl (C=O) groups excluding carboxylic acids is 1. The molecule has 5 heteroatoms. The van der Waals surface area contributed by atoms with Crippen LogP contribution in [0.1, 0.15) is 54.2 Å². The lowest BCUT2D eigenvalue weighted by Crippen LogP contribution is -2.39. The zero-order valence-electron chi connectivity index (χ0n) is 17.5. The standard InChI is InChI=1S/C24H29N3O2/c1-17-7-10-21(11-8-17)26(3)24(28)19-5-4-6-22(13-19)29-16-20-15-27-14-18(2)9-12-23(27)25-20/h4-6,9,12-15,17,21H,7-8,10-11,16H2,1-3H3. The van der Waals surface area contributed by atoms with Gasteiger partial charge in [-0.3, -0.25) is 4.79 Å². The molecule has 5 nitrogen and oxygen atoms in total. The number of ether oxygens (including phenoxy) is 1. The molecule has 0 spiro atoms. The third-order valence-electron chi connectivity index (χ3n) is 5.97. The minimum Gasteiger partial charge on any atom is -0.487 e. The van der Waals surface area contributed by atoms with Gasteiger partial charge in [0, 0.05) is 31.0 Å². The number of hydrogen-bond acceptors (Lipinski definition) is 3. The van der Waals surface area contributed by atoms with Gasteiger partial charge in [-0.15, -0.1) is 0 Å². The number of hydrogen-bond donors (Lipinski definition) is 0. The monoisotopic (exact) mass is 391 g/mol. The van der Waals surface area contributed by atoms with E-state index in [-0.39, 0.29) is 5.91 Å². The van der Waals surface area contributed by atoms with Crippen molar-refractivity contribution < 1.29 is 9.53 Å². The molecule has 0 aliphatic heterocycles. The predicted molar refractivity (Wildman–Crippen MR) is 114 cm³/mol. The lowest BCUT2D eigenvalue weighted by molar-refractivity contribution is 0.0679. The molecule has 1 aliphatic rings. The van der Waals surface area contributed by atoms with Crippen LogP contribution in [0.5, 0.6) is 5.75 Å². The summed E-state index contributed by atoms with van der Waals surface area (Å²) in [5.74, 6) is 1.53. The summed E-state index contributed by atoms with van der Waals surface area (Å²) in [5, 5.41) is 0. The second-order valence-corrected chi connectivity index (χ2v) is 8.35. The molecule has 0 radical (unpaired) electrons. The van der Waals surface area contributed by atoms with Gasteiger partial charge in [-0.2, -0.15) is 0 Å². The van der Waals surface area contributed by atoms with E-state index in [0.717, 1.165) is 30.1 Å². The van der Waals surface area contributed by atoms with Crippen molar-refractivity contribution in [1.82, 2.24) is 14.3 Å². The van der Waals surface area contributed by atoms with E-state index >= 15 is 0 Å². The third kappa shape index (κ3) is 4.44. The lowest BCUT2D eigenvalue weighted by atomic mass is 9.86. The van der Waals surface area contributed by atoms with Gasteiger partial charge in [-0.25, -0.2) is 4.98 Å². The van der Waals surface area contributed by atoms with Crippen LogP contribution in [-0.4, -0.2) is 33.3 Å². The minimum atomic E-state index is 0.0678. The van der Waals surface area contributed by atoms with Gasteiger partial charge in [0.25, 0.3) is 5.91 Å². The highest BCUT2D eigenvalue weighted by molar-refractivity contribution is 5.94. The maximum absolute atomic E-state index is 13.0. The van der Waals surface area contributed by atoms with Gasteiger partial charge in [0.1, 0.15) is 18.0 Å². The van der Waals surface area contributed by atoms with Crippen LogP contribution in [0.3, 0.4) is 0 Å². The first-order chi connectivity index (χ1) is 14.0. The van der Waals surface area contributed by atoms with Crippen LogP contribution in [-0.2, 0) is 6.61 Å². The van der Waals surface area contributed by atoms with E-state index in [1.165, 1.54) is 18.4 Å². The van der Waals surface area contributed by atoms with Crippen LogP contribution < -0.4 is 4.74 Å². The molecule has 0 N–H and O–H groups in total. The number of nitrogens with zero attached hydrogens (tertiary/aromatic N) is 3. The molecular weight excluding hydrogens is 362 g/mol. The number of imidazole rings is 1. The predicted octanol–water partition coefficient (Wildman–Crippen LogP) is 4.87. The van der Waals surface area contributed by atoms with Gasteiger partial charge in [0.2, 0.25) is 0 Å². The van der Waals surface area contributed by atoms with Crippen molar-refractivity contribution in [3.8, 4) is 5.75 Å². The van der Waals surface area contributed by atoms with Gasteiger partial charge < -0.3 is 14.0 Å². The number of aromatic nitrogens is 2. The van der Waals surface area contributed by atoms with Gasteiger partial charge in [-0.05, 0) is 68.4 Å². The Balaban J connectivity index is 1.41. The largest absolute Gasteiger partial charge is 0.487 e. The zero-order valence-corrected chi connectivity index (χ0v) is 17.5. The zero-order chi connectivity index (χ0) is 20.4. The summed E-state index contributed by atoms with van der Waals surface area (Å²) in [4.78, 5) is 19.5. The van der Waals surface area contributed by atoms with Crippen LogP contribution in [0.15, 0.2) is 48.8 Å². The number of fused-ring (bicyclic) bond motifs is 1. The molecular formula is C24H29N3O2. The van der Waals surface area contributed by atoms with E-state index in [2.05, 4.69) is 18.8 Å². The van der Waals surface area contributed by atoms with E-state index in [0.29, 0.717) is 24.0 Å². The van der Waals surface area contributed by atoms with E-state index in [4.69, 9.17) is 4.74 Å². The fraction of sp³-hybridized carbons (Fsp3) is 0.417. The van der Waals surface area contributed by atoms with Gasteiger partial charge in [-0.1, -0.05) is 19.1 Å². The normalized spacial score (nSPS) is 19.3. The number of rotatable bonds is 5. The molecule has 0 bridgehead atoms. The van der Waals surface area contributed by atoms with Gasteiger partial charge in [0.15, 0.2) is 0 Å². The van der Waals surface area contributed by atoms with Gasteiger partial charge >= 0.3 is 0 Å². The quantitative estimate of drug-likeness (QED) is 0.623. The average molecular weight is 392 g/mol. The Morgan fingerprint density at radius 1 is 1.17 bits per heavy atom. The maximum atomic E-state index is 13.0. The first-order valence-corrected chi connectivity index (χ1v) is 10.4. The first-order valence-electron chi connectivity index (χ1n) is 10.4. The molecule has 1 fully saturated rings. The summed E-state index contributed by atoms with van der Waals surface area (Å²) >= 11 is 0. The minimum absolute atomic E-state index is 0.0678. The summed E-state index contributed by atoms with van der Waals surface area (Å²) in [6.07, 6.45) is 8.61. The lowest BCUT2D eigenvalue weighted by Gasteiger charge is -2.33. The SMILES string of the molecule is Cc1ccc2nc(COc3cccc(C(=O)N(C)C4CCC(C)CC4)c3)cn2c1. The van der Waals surface area contributed by atoms with Crippen LogP contribution >= 0.6 is 0 Å². The fourth-order valence-corrected chi connectivity index (χ4v) is 4.10. The van der Waals surface area contributed by atoms with E-state index in [1.807, 2.05) is 65.1 Å². The molecule has 1 amide bonds. The highest BCUT2D eigenvalue weighted by atomic mass is 16.5.